The number of nitrogens with one attached hydrogen (secondary N) is 2. The number of hydrogen-bond donors (Lipinski definition) is 2. The van der Waals surface area contributed by atoms with Crippen LogP contribution >= 0.6 is 0 Å². The van der Waals surface area contributed by atoms with Gasteiger partial charge >= 0.3 is 0 Å². The van der Waals surface area contributed by atoms with Crippen LogP contribution in [0.5, 0.6) is 0 Å². The van der Waals surface area contributed by atoms with Gasteiger partial charge in [-0.05, 0) is 18.1 Å². The van der Waals surface area contributed by atoms with E-state index in [2.05, 4.69) is 16.7 Å². The number of benzene rings is 1. The lowest BCUT2D eigenvalue weighted by Crippen LogP contribution is -2.32. The average molecular weight is 231 g/mol. The molecule has 0 spiro atoms. The van der Waals surface area contributed by atoms with Crippen molar-refractivity contribution in [2.75, 3.05) is 18.4 Å². The number of hydrogen-bond acceptors (Lipinski definition) is 3. The Morgan fingerprint density at radius 3 is 2.76 bits per heavy atom. The third-order valence-electron chi connectivity index (χ3n) is 2.19. The summed E-state index contributed by atoms with van der Waals surface area (Å²) < 4.78 is 0. The van der Waals surface area contributed by atoms with E-state index in [0.29, 0.717) is 23.7 Å². The summed E-state index contributed by atoms with van der Waals surface area (Å²) in [5.74, 6) is 0.372. The number of carbonyl (C=O) groups excluding carboxylic acids is 1. The van der Waals surface area contributed by atoms with Crippen LogP contribution in [-0.2, 0) is 4.79 Å². The highest BCUT2D eigenvalue weighted by atomic mass is 16.1. The van der Waals surface area contributed by atoms with E-state index < -0.39 is 0 Å². The first kappa shape index (κ1) is 13.0. The lowest BCUT2D eigenvalue weighted by molar-refractivity contribution is -0.119. The predicted molar refractivity (Wildman–Crippen MR) is 67.5 cm³/mol. The van der Waals surface area contributed by atoms with Gasteiger partial charge in [0.15, 0.2) is 0 Å². The lowest BCUT2D eigenvalue weighted by Gasteiger charge is -2.10. The minimum absolute atomic E-state index is 0.0635. The molecule has 1 aromatic rings. The van der Waals surface area contributed by atoms with Crippen molar-refractivity contribution < 1.29 is 4.79 Å². The van der Waals surface area contributed by atoms with Crippen LogP contribution in [0.2, 0.25) is 0 Å². The van der Waals surface area contributed by atoms with Crippen molar-refractivity contribution in [2.24, 2.45) is 5.92 Å². The third-order valence-corrected chi connectivity index (χ3v) is 2.19. The zero-order valence-electron chi connectivity index (χ0n) is 10.2. The number of amides is 1. The number of carbonyl (C=O) groups is 1. The fourth-order valence-corrected chi connectivity index (χ4v) is 1.29. The summed E-state index contributed by atoms with van der Waals surface area (Å²) in [6.07, 6.45) is 0. The highest BCUT2D eigenvalue weighted by Crippen LogP contribution is 2.12. The summed E-state index contributed by atoms with van der Waals surface area (Å²) in [6.45, 7) is 4.93. The first-order valence-electron chi connectivity index (χ1n) is 5.63. The summed E-state index contributed by atoms with van der Waals surface area (Å²) in [5, 5.41) is 14.6. The molecule has 0 aliphatic rings. The molecule has 0 atom stereocenters. The molecule has 1 aromatic carbocycles. The van der Waals surface area contributed by atoms with Crippen LogP contribution in [0, 0.1) is 17.2 Å². The van der Waals surface area contributed by atoms with Gasteiger partial charge in [0.2, 0.25) is 5.91 Å². The fourth-order valence-electron chi connectivity index (χ4n) is 1.29. The maximum atomic E-state index is 11.5. The summed E-state index contributed by atoms with van der Waals surface area (Å²) in [4.78, 5) is 11.5. The molecule has 0 aliphatic heterocycles. The van der Waals surface area contributed by atoms with Crippen molar-refractivity contribution in [3.8, 4) is 6.07 Å². The SMILES string of the molecule is CC(C)CNC(=O)CNc1ccccc1C#N. The van der Waals surface area contributed by atoms with Gasteiger partial charge in [-0.1, -0.05) is 26.0 Å². The average Bonchev–Trinajstić information content (AvgIpc) is 2.34. The van der Waals surface area contributed by atoms with Crippen LogP contribution in [-0.4, -0.2) is 19.0 Å². The molecule has 1 rings (SSSR count). The molecule has 0 fully saturated rings. The topological polar surface area (TPSA) is 64.9 Å². The van der Waals surface area contributed by atoms with Crippen molar-refractivity contribution in [1.82, 2.24) is 5.32 Å². The third kappa shape index (κ3) is 4.56. The number of nitriles is 1. The molecule has 2 N–H and O–H groups in total. The van der Waals surface area contributed by atoms with Crippen LogP contribution in [0.3, 0.4) is 0 Å². The molecule has 0 saturated carbocycles. The minimum Gasteiger partial charge on any atom is -0.375 e. The molecule has 4 heteroatoms. The maximum Gasteiger partial charge on any atom is 0.239 e. The van der Waals surface area contributed by atoms with Gasteiger partial charge in [0.05, 0.1) is 17.8 Å². The van der Waals surface area contributed by atoms with E-state index in [1.165, 1.54) is 0 Å². The Hall–Kier alpha value is -2.02. The van der Waals surface area contributed by atoms with E-state index in [1.54, 1.807) is 18.2 Å². The molecule has 17 heavy (non-hydrogen) atoms. The molecule has 0 heterocycles. The highest BCUT2D eigenvalue weighted by molar-refractivity contribution is 5.81. The second-order valence-electron chi connectivity index (χ2n) is 4.21. The van der Waals surface area contributed by atoms with Gasteiger partial charge in [-0.2, -0.15) is 5.26 Å². The maximum absolute atomic E-state index is 11.5. The van der Waals surface area contributed by atoms with Crippen LogP contribution in [0.1, 0.15) is 19.4 Å². The van der Waals surface area contributed by atoms with E-state index in [0.717, 1.165) is 0 Å². The number of rotatable bonds is 5. The molecule has 0 radical (unpaired) electrons. The van der Waals surface area contributed by atoms with Gasteiger partial charge in [-0.25, -0.2) is 0 Å². The Morgan fingerprint density at radius 2 is 2.12 bits per heavy atom. The number of anilines is 1. The molecule has 1 amide bonds. The minimum atomic E-state index is -0.0635. The Kier molecular flexibility index (Phi) is 5.02. The van der Waals surface area contributed by atoms with Gasteiger partial charge in [0.1, 0.15) is 6.07 Å². The van der Waals surface area contributed by atoms with Crippen molar-refractivity contribution in [1.29, 1.82) is 5.26 Å². The first-order valence-corrected chi connectivity index (χ1v) is 5.63. The Bertz CT molecular complexity index is 421. The standard InChI is InChI=1S/C13H17N3O/c1-10(2)8-16-13(17)9-15-12-6-4-3-5-11(12)7-14/h3-6,10,15H,8-9H2,1-2H3,(H,16,17). The fraction of sp³-hybridized carbons (Fsp3) is 0.385. The zero-order chi connectivity index (χ0) is 12.7. The monoisotopic (exact) mass is 231 g/mol. The van der Waals surface area contributed by atoms with E-state index in [9.17, 15) is 4.79 Å². The largest absolute Gasteiger partial charge is 0.375 e. The number of nitrogens with zero attached hydrogens (tertiary/aromatic N) is 1. The first-order chi connectivity index (χ1) is 8.13. The molecule has 0 unspecified atom stereocenters. The molecular formula is C13H17N3O. The molecule has 90 valence electrons. The summed E-state index contributed by atoms with van der Waals surface area (Å²) in [5.41, 5.74) is 1.24. The molecule has 0 bridgehead atoms. The highest BCUT2D eigenvalue weighted by Gasteiger charge is 2.04. The van der Waals surface area contributed by atoms with E-state index in [-0.39, 0.29) is 12.5 Å². The molecule has 0 aliphatic carbocycles. The Balaban J connectivity index is 2.45. The molecule has 0 saturated heterocycles. The van der Waals surface area contributed by atoms with Gasteiger partial charge < -0.3 is 10.6 Å². The van der Waals surface area contributed by atoms with E-state index >= 15 is 0 Å². The molecule has 0 aromatic heterocycles. The molecule has 4 nitrogen and oxygen atoms in total. The second kappa shape index (κ2) is 6.54. The van der Waals surface area contributed by atoms with Gasteiger partial charge in [-0.15, -0.1) is 0 Å². The van der Waals surface area contributed by atoms with E-state index in [1.807, 2.05) is 19.9 Å². The number of para-hydroxylation sites is 1. The van der Waals surface area contributed by atoms with Crippen molar-refractivity contribution in [2.45, 2.75) is 13.8 Å². The van der Waals surface area contributed by atoms with Gasteiger partial charge in [0, 0.05) is 6.54 Å². The lowest BCUT2D eigenvalue weighted by atomic mass is 10.2. The van der Waals surface area contributed by atoms with Crippen LogP contribution < -0.4 is 10.6 Å². The molecular weight excluding hydrogens is 214 g/mol. The van der Waals surface area contributed by atoms with Crippen LogP contribution in [0.25, 0.3) is 0 Å². The predicted octanol–water partition coefficient (Wildman–Crippen LogP) is 1.74. The van der Waals surface area contributed by atoms with Gasteiger partial charge in [0.25, 0.3) is 0 Å². The van der Waals surface area contributed by atoms with Crippen molar-refractivity contribution in [3.05, 3.63) is 29.8 Å². The van der Waals surface area contributed by atoms with Crippen LogP contribution in [0.4, 0.5) is 5.69 Å². The smallest absolute Gasteiger partial charge is 0.239 e. The van der Waals surface area contributed by atoms with Crippen molar-refractivity contribution in [3.63, 3.8) is 0 Å². The Morgan fingerprint density at radius 1 is 1.41 bits per heavy atom. The quantitative estimate of drug-likeness (QED) is 0.811. The van der Waals surface area contributed by atoms with Crippen LogP contribution in [0.15, 0.2) is 24.3 Å². The van der Waals surface area contributed by atoms with Gasteiger partial charge in [-0.3, -0.25) is 4.79 Å². The zero-order valence-corrected chi connectivity index (χ0v) is 10.2. The second-order valence-corrected chi connectivity index (χ2v) is 4.21. The van der Waals surface area contributed by atoms with E-state index in [4.69, 9.17) is 5.26 Å². The Labute approximate surface area is 102 Å². The summed E-state index contributed by atoms with van der Waals surface area (Å²) in [6, 6.07) is 9.20. The van der Waals surface area contributed by atoms with Crippen molar-refractivity contribution >= 4 is 11.6 Å². The summed E-state index contributed by atoms with van der Waals surface area (Å²) in [7, 11) is 0. The summed E-state index contributed by atoms with van der Waals surface area (Å²) >= 11 is 0. The normalized spacial score (nSPS) is 9.76.